The van der Waals surface area contributed by atoms with Crippen molar-refractivity contribution in [3.63, 3.8) is 0 Å². The lowest BCUT2D eigenvalue weighted by molar-refractivity contribution is -0.124. The number of alkyl halides is 2. The summed E-state index contributed by atoms with van der Waals surface area (Å²) in [7, 11) is 0. The fourth-order valence-electron chi connectivity index (χ4n) is 2.78. The minimum atomic E-state index is -2.99. The number of carbonyl (C=O) groups excluding carboxylic acids is 1. The smallest absolute Gasteiger partial charge is 0.387 e. The van der Waals surface area contributed by atoms with E-state index in [0.717, 1.165) is 12.8 Å². The number of para-hydroxylation sites is 1. The Labute approximate surface area is 145 Å². The first kappa shape index (κ1) is 19.4. The van der Waals surface area contributed by atoms with Gasteiger partial charge in [0, 0.05) is 25.3 Å². The van der Waals surface area contributed by atoms with Crippen LogP contribution in [0.2, 0.25) is 0 Å². The lowest BCUT2D eigenvalue weighted by atomic mass is 9.92. The average Bonchev–Trinajstić information content (AvgIpc) is 2.61. The van der Waals surface area contributed by atoms with Crippen molar-refractivity contribution in [2.24, 2.45) is 11.7 Å². The van der Waals surface area contributed by atoms with Crippen LogP contribution >= 0.6 is 0 Å². The van der Waals surface area contributed by atoms with Gasteiger partial charge in [-0.2, -0.15) is 8.78 Å². The number of ether oxygens (including phenoxy) is 3. The molecule has 2 rings (SSSR count). The van der Waals surface area contributed by atoms with Gasteiger partial charge in [-0.25, -0.2) is 0 Å². The Balaban J connectivity index is 2.03. The Morgan fingerprint density at radius 1 is 1.40 bits per heavy atom. The molecular formula is C17H24F2N2O4. The van der Waals surface area contributed by atoms with E-state index >= 15 is 0 Å². The normalized spacial score (nSPS) is 16.5. The van der Waals surface area contributed by atoms with Gasteiger partial charge in [-0.3, -0.25) is 4.79 Å². The van der Waals surface area contributed by atoms with Crippen molar-refractivity contribution in [1.82, 2.24) is 5.32 Å². The zero-order valence-electron chi connectivity index (χ0n) is 14.2. The van der Waals surface area contributed by atoms with Crippen LogP contribution < -0.4 is 20.5 Å². The van der Waals surface area contributed by atoms with E-state index in [4.69, 9.17) is 15.2 Å². The molecule has 1 aromatic carbocycles. The third-order valence-corrected chi connectivity index (χ3v) is 4.10. The van der Waals surface area contributed by atoms with Crippen LogP contribution in [0.25, 0.3) is 0 Å². The summed E-state index contributed by atoms with van der Waals surface area (Å²) in [5.74, 6) is -0.125. The predicted molar refractivity (Wildman–Crippen MR) is 87.6 cm³/mol. The number of hydrogen-bond acceptors (Lipinski definition) is 5. The fourth-order valence-corrected chi connectivity index (χ4v) is 2.78. The van der Waals surface area contributed by atoms with E-state index in [0.29, 0.717) is 25.4 Å². The molecule has 0 bridgehead atoms. The lowest BCUT2D eigenvalue weighted by Gasteiger charge is -2.26. The maximum Gasteiger partial charge on any atom is 0.387 e. The molecule has 8 heteroatoms. The third-order valence-electron chi connectivity index (χ3n) is 4.10. The number of hydrogen-bond donors (Lipinski definition) is 2. The third kappa shape index (κ3) is 5.54. The first-order valence-electron chi connectivity index (χ1n) is 8.33. The van der Waals surface area contributed by atoms with Crippen molar-refractivity contribution in [3.05, 3.63) is 23.8 Å². The Hall–Kier alpha value is -1.93. The van der Waals surface area contributed by atoms with Crippen molar-refractivity contribution in [1.29, 1.82) is 0 Å². The highest BCUT2D eigenvalue weighted by molar-refractivity contribution is 5.81. The van der Waals surface area contributed by atoms with Crippen molar-refractivity contribution < 1.29 is 27.8 Å². The molecule has 1 fully saturated rings. The molecule has 0 spiro atoms. The number of rotatable bonds is 8. The molecule has 0 aromatic heterocycles. The van der Waals surface area contributed by atoms with Crippen LogP contribution in [-0.4, -0.2) is 38.4 Å². The maximum atomic E-state index is 12.7. The summed E-state index contributed by atoms with van der Waals surface area (Å²) in [6.07, 6.45) is 1.46. The number of amides is 1. The molecule has 1 heterocycles. The summed E-state index contributed by atoms with van der Waals surface area (Å²) < 4.78 is 40.5. The Kier molecular flexibility index (Phi) is 7.39. The zero-order valence-corrected chi connectivity index (χ0v) is 14.2. The van der Waals surface area contributed by atoms with Crippen LogP contribution in [-0.2, 0) is 16.1 Å². The van der Waals surface area contributed by atoms with Crippen molar-refractivity contribution in [2.45, 2.75) is 39.0 Å². The highest BCUT2D eigenvalue weighted by Crippen LogP contribution is 2.32. The fraction of sp³-hybridized carbons (Fsp3) is 0.588. The number of benzene rings is 1. The molecule has 1 aliphatic heterocycles. The van der Waals surface area contributed by atoms with Crippen molar-refractivity contribution in [2.75, 3.05) is 19.8 Å². The summed E-state index contributed by atoms with van der Waals surface area (Å²) in [5.41, 5.74) is 6.41. The molecule has 0 aliphatic carbocycles. The van der Waals surface area contributed by atoms with E-state index in [1.54, 1.807) is 25.1 Å². The molecule has 1 amide bonds. The molecule has 3 N–H and O–H groups in total. The molecule has 25 heavy (non-hydrogen) atoms. The molecule has 140 valence electrons. The standard InChI is InChI=1S/C17H24F2N2O4/c1-2-24-13-5-3-4-12(15(13)25-17(18)19)10-21-16(22)14(20)11-6-8-23-9-7-11/h3-5,11,14,17H,2,6-10,20H2,1H3,(H,21,22). The van der Waals surface area contributed by atoms with Gasteiger partial charge in [0.15, 0.2) is 11.5 Å². The van der Waals surface area contributed by atoms with Gasteiger partial charge in [-0.15, -0.1) is 0 Å². The van der Waals surface area contributed by atoms with Crippen LogP contribution in [0.15, 0.2) is 18.2 Å². The van der Waals surface area contributed by atoms with E-state index in [2.05, 4.69) is 10.1 Å². The topological polar surface area (TPSA) is 82.8 Å². The van der Waals surface area contributed by atoms with E-state index in [1.165, 1.54) is 0 Å². The number of carbonyl (C=O) groups is 1. The van der Waals surface area contributed by atoms with Gasteiger partial charge in [-0.1, -0.05) is 12.1 Å². The summed E-state index contributed by atoms with van der Waals surface area (Å²) in [5, 5.41) is 2.69. The van der Waals surface area contributed by atoms with Gasteiger partial charge >= 0.3 is 6.61 Å². The number of nitrogens with two attached hydrogens (primary N) is 1. The minimum Gasteiger partial charge on any atom is -0.490 e. The summed E-state index contributed by atoms with van der Waals surface area (Å²) in [6, 6.07) is 4.14. The molecule has 1 unspecified atom stereocenters. The zero-order chi connectivity index (χ0) is 18.2. The molecule has 0 radical (unpaired) electrons. The maximum absolute atomic E-state index is 12.7. The van der Waals surface area contributed by atoms with Crippen molar-refractivity contribution >= 4 is 5.91 Å². The number of halogens is 2. The average molecular weight is 358 g/mol. The Morgan fingerprint density at radius 2 is 2.12 bits per heavy atom. The van der Waals surface area contributed by atoms with Gasteiger partial charge in [0.05, 0.1) is 12.6 Å². The van der Waals surface area contributed by atoms with E-state index in [9.17, 15) is 13.6 Å². The molecule has 0 saturated carbocycles. The minimum absolute atomic E-state index is 0.0265. The molecule has 1 aliphatic rings. The van der Waals surface area contributed by atoms with Gasteiger partial charge < -0.3 is 25.3 Å². The van der Waals surface area contributed by atoms with Gasteiger partial charge in [-0.05, 0) is 31.7 Å². The second-order valence-electron chi connectivity index (χ2n) is 5.75. The lowest BCUT2D eigenvalue weighted by Crippen LogP contribution is -2.46. The van der Waals surface area contributed by atoms with Crippen LogP contribution in [0.5, 0.6) is 11.5 Å². The van der Waals surface area contributed by atoms with E-state index in [1.807, 2.05) is 0 Å². The Bertz CT molecular complexity index is 566. The van der Waals surface area contributed by atoms with Crippen LogP contribution in [0.4, 0.5) is 8.78 Å². The van der Waals surface area contributed by atoms with Gasteiger partial charge in [0.25, 0.3) is 0 Å². The van der Waals surface area contributed by atoms with Crippen molar-refractivity contribution in [3.8, 4) is 11.5 Å². The molecular weight excluding hydrogens is 334 g/mol. The summed E-state index contributed by atoms with van der Waals surface area (Å²) >= 11 is 0. The van der Waals surface area contributed by atoms with Crippen LogP contribution in [0.3, 0.4) is 0 Å². The molecule has 1 saturated heterocycles. The summed E-state index contributed by atoms with van der Waals surface area (Å²) in [6.45, 7) is 0.277. The second kappa shape index (κ2) is 9.53. The highest BCUT2D eigenvalue weighted by atomic mass is 19.3. The SMILES string of the molecule is CCOc1cccc(CNC(=O)C(N)C2CCOCC2)c1OC(F)F. The van der Waals surface area contributed by atoms with E-state index < -0.39 is 12.7 Å². The first-order chi connectivity index (χ1) is 12.0. The van der Waals surface area contributed by atoms with E-state index in [-0.39, 0.29) is 29.9 Å². The summed E-state index contributed by atoms with van der Waals surface area (Å²) in [4.78, 5) is 12.3. The molecule has 1 aromatic rings. The second-order valence-corrected chi connectivity index (χ2v) is 5.75. The monoisotopic (exact) mass is 358 g/mol. The van der Waals surface area contributed by atoms with Crippen LogP contribution in [0.1, 0.15) is 25.3 Å². The molecule has 1 atom stereocenters. The largest absolute Gasteiger partial charge is 0.490 e. The van der Waals surface area contributed by atoms with Gasteiger partial charge in [0.2, 0.25) is 5.91 Å². The predicted octanol–water partition coefficient (Wildman–Crippen LogP) is 2.06. The van der Waals surface area contributed by atoms with Crippen LogP contribution in [0, 0.1) is 5.92 Å². The Morgan fingerprint density at radius 3 is 2.76 bits per heavy atom. The highest BCUT2D eigenvalue weighted by Gasteiger charge is 2.26. The van der Waals surface area contributed by atoms with Gasteiger partial charge in [0.1, 0.15) is 0 Å². The quantitative estimate of drug-likeness (QED) is 0.743. The first-order valence-corrected chi connectivity index (χ1v) is 8.33. The number of nitrogens with one attached hydrogen (secondary N) is 1. The molecule has 6 nitrogen and oxygen atoms in total.